The number of nitrogens with zero attached hydrogens (tertiary/aromatic N) is 1. The van der Waals surface area contributed by atoms with Gasteiger partial charge in [-0.2, -0.15) is 4.57 Å². The molecular formula is C14H13ClN2O3. The van der Waals surface area contributed by atoms with Crippen molar-refractivity contribution in [1.82, 2.24) is 0 Å². The Morgan fingerprint density at radius 2 is 1.85 bits per heavy atom. The van der Waals surface area contributed by atoms with Gasteiger partial charge in [-0.25, -0.2) is 4.79 Å². The van der Waals surface area contributed by atoms with Crippen molar-refractivity contribution < 1.29 is 31.7 Å². The van der Waals surface area contributed by atoms with E-state index in [1.807, 2.05) is 6.07 Å². The Morgan fingerprint density at radius 3 is 2.50 bits per heavy atom. The lowest BCUT2D eigenvalue weighted by Gasteiger charge is -2.01. The lowest BCUT2D eigenvalue weighted by atomic mass is 10.1. The third-order valence-corrected chi connectivity index (χ3v) is 2.68. The lowest BCUT2D eigenvalue weighted by Crippen LogP contribution is -3.00. The minimum atomic E-state index is -0.972. The van der Waals surface area contributed by atoms with Crippen molar-refractivity contribution in [2.45, 2.75) is 6.54 Å². The van der Waals surface area contributed by atoms with Crippen LogP contribution in [0.4, 0.5) is 0 Å². The second-order valence-corrected chi connectivity index (χ2v) is 4.13. The lowest BCUT2D eigenvalue weighted by molar-refractivity contribution is -0.688. The number of carbonyl (C=O) groups is 2. The molecule has 0 atom stereocenters. The quantitative estimate of drug-likeness (QED) is 0.629. The van der Waals surface area contributed by atoms with E-state index in [9.17, 15) is 9.59 Å². The first-order valence-electron chi connectivity index (χ1n) is 5.67. The van der Waals surface area contributed by atoms with Crippen LogP contribution >= 0.6 is 0 Å². The zero-order valence-corrected chi connectivity index (χ0v) is 11.2. The second-order valence-electron chi connectivity index (χ2n) is 4.13. The minimum absolute atomic E-state index is 0. The first kappa shape index (κ1) is 15.7. The van der Waals surface area contributed by atoms with Crippen molar-refractivity contribution in [2.75, 3.05) is 0 Å². The van der Waals surface area contributed by atoms with Gasteiger partial charge in [0, 0.05) is 17.2 Å². The van der Waals surface area contributed by atoms with Crippen molar-refractivity contribution in [3.63, 3.8) is 0 Å². The monoisotopic (exact) mass is 292 g/mol. The summed E-state index contributed by atoms with van der Waals surface area (Å²) in [4.78, 5) is 22.0. The van der Waals surface area contributed by atoms with Crippen molar-refractivity contribution >= 4 is 11.9 Å². The Kier molecular flexibility index (Phi) is 5.23. The molecule has 104 valence electrons. The number of hydrogen-bond donors (Lipinski definition) is 2. The summed E-state index contributed by atoms with van der Waals surface area (Å²) in [6.45, 7) is 0.474. The number of primary amides is 1. The number of carboxylic acids is 1. The van der Waals surface area contributed by atoms with Crippen LogP contribution in [0.1, 0.15) is 26.3 Å². The predicted molar refractivity (Wildman–Crippen MR) is 67.7 cm³/mol. The number of pyridine rings is 1. The molecule has 20 heavy (non-hydrogen) atoms. The topological polar surface area (TPSA) is 84.3 Å². The number of aromatic carboxylic acids is 1. The second kappa shape index (κ2) is 6.68. The van der Waals surface area contributed by atoms with Crippen LogP contribution < -0.4 is 22.7 Å². The number of carbonyl (C=O) groups excluding carboxylic acids is 1. The summed E-state index contributed by atoms with van der Waals surface area (Å²) in [6, 6.07) is 10.1. The van der Waals surface area contributed by atoms with Crippen LogP contribution in [-0.2, 0) is 6.54 Å². The van der Waals surface area contributed by atoms with Gasteiger partial charge in [-0.15, -0.1) is 0 Å². The molecule has 0 aliphatic carbocycles. The molecule has 2 rings (SSSR count). The van der Waals surface area contributed by atoms with Gasteiger partial charge < -0.3 is 23.2 Å². The van der Waals surface area contributed by atoms with Crippen LogP contribution in [0.2, 0.25) is 0 Å². The van der Waals surface area contributed by atoms with E-state index in [2.05, 4.69) is 0 Å². The normalized spacial score (nSPS) is 9.60. The maximum Gasteiger partial charge on any atom is 0.341 e. The molecule has 0 radical (unpaired) electrons. The molecule has 6 heteroatoms. The van der Waals surface area contributed by atoms with E-state index in [4.69, 9.17) is 10.8 Å². The van der Waals surface area contributed by atoms with Crippen LogP contribution in [0.5, 0.6) is 0 Å². The highest BCUT2D eigenvalue weighted by Crippen LogP contribution is 2.04. The van der Waals surface area contributed by atoms with E-state index in [-0.39, 0.29) is 18.0 Å². The number of aromatic nitrogens is 1. The van der Waals surface area contributed by atoms with E-state index in [0.717, 1.165) is 5.56 Å². The van der Waals surface area contributed by atoms with E-state index in [0.29, 0.717) is 12.1 Å². The summed E-state index contributed by atoms with van der Waals surface area (Å²) in [6.07, 6.45) is 3.31. The number of hydrogen-bond acceptors (Lipinski definition) is 2. The average Bonchev–Trinajstić information content (AvgIpc) is 2.39. The number of halogens is 1. The van der Waals surface area contributed by atoms with Crippen molar-refractivity contribution in [3.8, 4) is 0 Å². The summed E-state index contributed by atoms with van der Waals surface area (Å²) < 4.78 is 1.74. The maximum atomic E-state index is 11.1. The zero-order chi connectivity index (χ0) is 13.8. The van der Waals surface area contributed by atoms with E-state index in [1.165, 1.54) is 6.07 Å². The fourth-order valence-electron chi connectivity index (χ4n) is 1.78. The number of benzene rings is 1. The third kappa shape index (κ3) is 3.80. The molecule has 0 aliphatic heterocycles. The van der Waals surface area contributed by atoms with E-state index >= 15 is 0 Å². The summed E-state index contributed by atoms with van der Waals surface area (Å²) in [5.74, 6) is -1.45. The SMILES string of the molecule is NC(=O)c1cccc(C[n+]2cccc(C(=O)O)c2)c1.[Cl-]. The first-order valence-corrected chi connectivity index (χ1v) is 5.67. The van der Waals surface area contributed by atoms with Gasteiger partial charge >= 0.3 is 5.97 Å². The van der Waals surface area contributed by atoms with E-state index in [1.54, 1.807) is 41.2 Å². The number of rotatable bonds is 4. The third-order valence-electron chi connectivity index (χ3n) is 2.68. The van der Waals surface area contributed by atoms with Crippen molar-refractivity contribution in [3.05, 3.63) is 65.5 Å². The molecule has 0 saturated heterocycles. The van der Waals surface area contributed by atoms with Crippen LogP contribution in [0.25, 0.3) is 0 Å². The standard InChI is InChI=1S/C14H12N2O3.ClH/c15-13(17)11-4-1-3-10(7-11)8-16-6-2-5-12(9-16)14(18)19;/h1-7,9H,8H2,(H2-,15,17,18,19);1H. The highest BCUT2D eigenvalue weighted by molar-refractivity contribution is 5.92. The highest BCUT2D eigenvalue weighted by atomic mass is 35.5. The molecule has 0 bridgehead atoms. The molecule has 5 nitrogen and oxygen atoms in total. The number of carboxylic acid groups (broad SMARTS) is 1. The number of amides is 1. The fourth-order valence-corrected chi connectivity index (χ4v) is 1.78. The zero-order valence-electron chi connectivity index (χ0n) is 10.5. The van der Waals surface area contributed by atoms with Crippen LogP contribution in [0, 0.1) is 0 Å². The van der Waals surface area contributed by atoms with Gasteiger partial charge in [-0.05, 0) is 18.2 Å². The van der Waals surface area contributed by atoms with Gasteiger partial charge in [0.15, 0.2) is 18.9 Å². The smallest absolute Gasteiger partial charge is 0.341 e. The molecule has 0 spiro atoms. The summed E-state index contributed by atoms with van der Waals surface area (Å²) in [7, 11) is 0. The van der Waals surface area contributed by atoms with Gasteiger partial charge in [0.25, 0.3) is 0 Å². The van der Waals surface area contributed by atoms with Crippen LogP contribution in [0.3, 0.4) is 0 Å². The van der Waals surface area contributed by atoms with Crippen LogP contribution in [-0.4, -0.2) is 17.0 Å². The Balaban J connectivity index is 0.00000200. The molecular weight excluding hydrogens is 280 g/mol. The number of nitrogens with two attached hydrogens (primary N) is 1. The molecule has 0 aliphatic rings. The molecule has 0 saturated carbocycles. The van der Waals surface area contributed by atoms with Crippen molar-refractivity contribution in [1.29, 1.82) is 0 Å². The average molecular weight is 293 g/mol. The van der Waals surface area contributed by atoms with Gasteiger partial charge in [0.2, 0.25) is 5.91 Å². The molecule has 0 fully saturated rings. The summed E-state index contributed by atoms with van der Waals surface area (Å²) in [5, 5.41) is 8.92. The van der Waals surface area contributed by atoms with Gasteiger partial charge in [-0.1, -0.05) is 12.1 Å². The largest absolute Gasteiger partial charge is 1.00 e. The Morgan fingerprint density at radius 1 is 1.15 bits per heavy atom. The molecule has 1 heterocycles. The van der Waals surface area contributed by atoms with Crippen molar-refractivity contribution in [2.24, 2.45) is 5.73 Å². The fraction of sp³-hybridized carbons (Fsp3) is 0.0714. The predicted octanol–water partition coefficient (Wildman–Crippen LogP) is -2.18. The van der Waals surface area contributed by atoms with E-state index < -0.39 is 11.9 Å². The Labute approximate surface area is 122 Å². The molecule has 1 aromatic heterocycles. The van der Waals surface area contributed by atoms with Crippen LogP contribution in [0.15, 0.2) is 48.8 Å². The molecule has 1 aromatic carbocycles. The highest BCUT2D eigenvalue weighted by Gasteiger charge is 2.10. The van der Waals surface area contributed by atoms with Gasteiger partial charge in [0.1, 0.15) is 5.56 Å². The Hall–Kier alpha value is -2.40. The molecule has 0 unspecified atom stereocenters. The molecule has 3 N–H and O–H groups in total. The first-order chi connectivity index (χ1) is 9.06. The Bertz CT molecular complexity index is 588. The summed E-state index contributed by atoms with van der Waals surface area (Å²) in [5.41, 5.74) is 6.75. The minimum Gasteiger partial charge on any atom is -1.00 e. The summed E-state index contributed by atoms with van der Waals surface area (Å²) >= 11 is 0. The maximum absolute atomic E-state index is 11.1. The molecule has 1 amide bonds. The van der Waals surface area contributed by atoms with Gasteiger partial charge in [0.05, 0.1) is 0 Å². The van der Waals surface area contributed by atoms with Gasteiger partial charge in [-0.3, -0.25) is 4.79 Å². The molecule has 2 aromatic rings.